The minimum Gasteiger partial charge on any atom is -0.454 e. The van der Waals surface area contributed by atoms with Gasteiger partial charge in [-0.05, 0) is 29.0 Å². The molecule has 0 spiro atoms. The van der Waals surface area contributed by atoms with Crippen LogP contribution in [0.2, 0.25) is 0 Å². The van der Waals surface area contributed by atoms with Crippen molar-refractivity contribution in [2.75, 3.05) is 0 Å². The van der Waals surface area contributed by atoms with E-state index in [1.165, 1.54) is 6.07 Å². The first-order chi connectivity index (χ1) is 11.2. The Balaban J connectivity index is 1.79. The van der Waals surface area contributed by atoms with Gasteiger partial charge in [-0.3, -0.25) is 0 Å². The molecule has 0 radical (unpaired) electrons. The highest BCUT2D eigenvalue weighted by molar-refractivity contribution is 5.92. The predicted molar refractivity (Wildman–Crippen MR) is 79.7 cm³/mol. The molecule has 0 aliphatic heterocycles. The highest BCUT2D eigenvalue weighted by atomic mass is 16.5. The number of fused-ring (bicyclic) bond motifs is 1. The predicted octanol–water partition coefficient (Wildman–Crippen LogP) is 1.55. The molecule has 0 fully saturated rings. The first-order valence-electron chi connectivity index (χ1n) is 7.14. The van der Waals surface area contributed by atoms with Crippen LogP contribution in [0.3, 0.4) is 0 Å². The Hall–Kier alpha value is -3.03. The van der Waals surface area contributed by atoms with Crippen molar-refractivity contribution in [2.45, 2.75) is 26.5 Å². The molecule has 8 heteroatoms. The van der Waals surface area contributed by atoms with Crippen molar-refractivity contribution in [3.05, 3.63) is 52.1 Å². The van der Waals surface area contributed by atoms with E-state index >= 15 is 0 Å². The van der Waals surface area contributed by atoms with E-state index in [9.17, 15) is 9.59 Å². The summed E-state index contributed by atoms with van der Waals surface area (Å²) in [5.41, 5.74) is -0.471. The van der Waals surface area contributed by atoms with E-state index in [2.05, 4.69) is 15.5 Å². The molecule has 0 amide bonds. The molecule has 0 atom stereocenters. The molecule has 8 nitrogen and oxygen atoms in total. The monoisotopic (exact) mass is 314 g/mol. The molecule has 0 saturated heterocycles. The molecule has 0 unspecified atom stereocenters. The Morgan fingerprint density at radius 2 is 2.17 bits per heavy atom. The number of esters is 1. The van der Waals surface area contributed by atoms with Crippen molar-refractivity contribution in [3.63, 3.8) is 0 Å². The Bertz CT molecular complexity index is 900. The number of nitrogens with zero attached hydrogens (tertiary/aromatic N) is 4. The van der Waals surface area contributed by atoms with Gasteiger partial charge in [-0.1, -0.05) is 25.1 Å². The van der Waals surface area contributed by atoms with E-state index in [4.69, 9.17) is 9.15 Å². The number of ether oxygens (including phenoxy) is 1. The molecule has 3 rings (SSSR count). The average molecular weight is 314 g/mol. The normalized spacial score (nSPS) is 10.8. The van der Waals surface area contributed by atoms with Gasteiger partial charge in [0.25, 0.3) is 0 Å². The van der Waals surface area contributed by atoms with Crippen LogP contribution >= 0.6 is 0 Å². The SMILES string of the molecule is CCCn1nnnc1COC(=O)c1cc2ccccc2oc1=O. The van der Waals surface area contributed by atoms with Crippen molar-refractivity contribution < 1.29 is 13.9 Å². The number of tetrazole rings is 1. The first kappa shape index (κ1) is 14.9. The number of carbonyl (C=O) groups excluding carboxylic acids is 1. The van der Waals surface area contributed by atoms with Gasteiger partial charge in [-0.15, -0.1) is 5.10 Å². The third-order valence-electron chi connectivity index (χ3n) is 3.24. The van der Waals surface area contributed by atoms with Crippen LogP contribution in [0.5, 0.6) is 0 Å². The molecule has 0 saturated carbocycles. The van der Waals surface area contributed by atoms with Crippen molar-refractivity contribution in [1.29, 1.82) is 0 Å². The second-order valence-corrected chi connectivity index (χ2v) is 4.88. The third kappa shape index (κ3) is 3.10. The van der Waals surface area contributed by atoms with Gasteiger partial charge in [0.2, 0.25) is 0 Å². The summed E-state index contributed by atoms with van der Waals surface area (Å²) in [5.74, 6) is -0.346. The third-order valence-corrected chi connectivity index (χ3v) is 3.24. The van der Waals surface area contributed by atoms with Gasteiger partial charge in [0.05, 0.1) is 0 Å². The maximum atomic E-state index is 12.1. The Morgan fingerprint density at radius 1 is 1.35 bits per heavy atom. The largest absolute Gasteiger partial charge is 0.454 e. The molecule has 0 aliphatic carbocycles. The van der Waals surface area contributed by atoms with Crippen LogP contribution in [0.25, 0.3) is 11.0 Å². The number of hydrogen-bond donors (Lipinski definition) is 0. The first-order valence-corrected chi connectivity index (χ1v) is 7.14. The number of benzene rings is 1. The average Bonchev–Trinajstić information content (AvgIpc) is 2.99. The van der Waals surface area contributed by atoms with Gasteiger partial charge in [-0.25, -0.2) is 14.3 Å². The second-order valence-electron chi connectivity index (χ2n) is 4.88. The minimum absolute atomic E-state index is 0.113. The minimum atomic E-state index is -0.768. The van der Waals surface area contributed by atoms with Crippen molar-refractivity contribution in [2.24, 2.45) is 0 Å². The molecular formula is C15H14N4O4. The van der Waals surface area contributed by atoms with Crippen molar-refractivity contribution in [1.82, 2.24) is 20.2 Å². The van der Waals surface area contributed by atoms with E-state index < -0.39 is 11.6 Å². The Labute approximate surface area is 130 Å². The molecule has 23 heavy (non-hydrogen) atoms. The summed E-state index contributed by atoms with van der Waals surface area (Å²) in [7, 11) is 0. The van der Waals surface area contributed by atoms with E-state index in [1.807, 2.05) is 6.92 Å². The summed E-state index contributed by atoms with van der Waals surface area (Å²) >= 11 is 0. The summed E-state index contributed by atoms with van der Waals surface area (Å²) in [6.07, 6.45) is 0.847. The molecule has 2 heterocycles. The fourth-order valence-corrected chi connectivity index (χ4v) is 2.12. The highest BCUT2D eigenvalue weighted by Crippen LogP contribution is 2.13. The van der Waals surface area contributed by atoms with E-state index in [1.54, 1.807) is 28.9 Å². The van der Waals surface area contributed by atoms with Gasteiger partial charge in [0.1, 0.15) is 11.1 Å². The van der Waals surface area contributed by atoms with Crippen LogP contribution in [0.15, 0.2) is 39.5 Å². The molecule has 0 bridgehead atoms. The maximum absolute atomic E-state index is 12.1. The zero-order valence-corrected chi connectivity index (χ0v) is 12.4. The number of aromatic nitrogens is 4. The van der Waals surface area contributed by atoms with Gasteiger partial charge >= 0.3 is 11.6 Å². The van der Waals surface area contributed by atoms with Crippen LogP contribution in [-0.2, 0) is 17.9 Å². The summed E-state index contributed by atoms with van der Waals surface area (Å²) in [5, 5.41) is 11.8. The van der Waals surface area contributed by atoms with Gasteiger partial charge in [0, 0.05) is 11.9 Å². The number of rotatable bonds is 5. The quantitative estimate of drug-likeness (QED) is 0.520. The Kier molecular flexibility index (Phi) is 4.13. The van der Waals surface area contributed by atoms with E-state index in [0.29, 0.717) is 23.3 Å². The summed E-state index contributed by atoms with van der Waals surface area (Å²) in [6, 6.07) is 8.40. The molecule has 0 N–H and O–H groups in total. The molecule has 0 aliphatic rings. The number of aryl methyl sites for hydroxylation is 1. The smallest absolute Gasteiger partial charge is 0.351 e. The van der Waals surface area contributed by atoms with Gasteiger partial charge < -0.3 is 9.15 Å². The summed E-state index contributed by atoms with van der Waals surface area (Å²) in [6.45, 7) is 2.49. The highest BCUT2D eigenvalue weighted by Gasteiger charge is 2.16. The Morgan fingerprint density at radius 3 is 3.00 bits per heavy atom. The lowest BCUT2D eigenvalue weighted by atomic mass is 10.2. The number of carbonyl (C=O) groups is 1. The van der Waals surface area contributed by atoms with Crippen LogP contribution in [-0.4, -0.2) is 26.2 Å². The molecule has 2 aromatic heterocycles. The lowest BCUT2D eigenvalue weighted by Crippen LogP contribution is -2.17. The second kappa shape index (κ2) is 6.39. The zero-order chi connectivity index (χ0) is 16.2. The summed E-state index contributed by atoms with van der Waals surface area (Å²) < 4.78 is 11.8. The van der Waals surface area contributed by atoms with E-state index in [0.717, 1.165) is 6.42 Å². The van der Waals surface area contributed by atoms with Crippen LogP contribution < -0.4 is 5.63 Å². The lowest BCUT2D eigenvalue weighted by molar-refractivity contribution is 0.0452. The van der Waals surface area contributed by atoms with Gasteiger partial charge in [-0.2, -0.15) is 0 Å². The fraction of sp³-hybridized carbons (Fsp3) is 0.267. The molecule has 118 valence electrons. The molecule has 3 aromatic rings. The lowest BCUT2D eigenvalue weighted by Gasteiger charge is -2.05. The number of para-hydroxylation sites is 1. The summed E-state index contributed by atoms with van der Waals surface area (Å²) in [4.78, 5) is 24.0. The van der Waals surface area contributed by atoms with E-state index in [-0.39, 0.29) is 12.2 Å². The van der Waals surface area contributed by atoms with Crippen LogP contribution in [0, 0.1) is 0 Å². The zero-order valence-electron chi connectivity index (χ0n) is 12.4. The maximum Gasteiger partial charge on any atom is 0.351 e. The van der Waals surface area contributed by atoms with Crippen LogP contribution in [0.4, 0.5) is 0 Å². The fourth-order valence-electron chi connectivity index (χ4n) is 2.12. The molecular weight excluding hydrogens is 300 g/mol. The van der Waals surface area contributed by atoms with Crippen LogP contribution in [0.1, 0.15) is 29.5 Å². The number of hydrogen-bond acceptors (Lipinski definition) is 7. The standard InChI is InChI=1S/C15H14N4O4/c1-2-7-19-13(16-17-18-19)9-22-14(20)11-8-10-5-3-4-6-12(10)23-15(11)21/h3-6,8H,2,7,9H2,1H3. The van der Waals surface area contributed by atoms with Crippen molar-refractivity contribution in [3.8, 4) is 0 Å². The van der Waals surface area contributed by atoms with Gasteiger partial charge in [0.15, 0.2) is 12.4 Å². The molecule has 1 aromatic carbocycles. The topological polar surface area (TPSA) is 100 Å². The van der Waals surface area contributed by atoms with Crippen molar-refractivity contribution >= 4 is 16.9 Å².